The number of hydrogen-bond acceptors (Lipinski definition) is 3. The maximum Gasteiger partial charge on any atom is 0.165 e. The smallest absolute Gasteiger partial charge is 0.165 e. The van der Waals surface area contributed by atoms with Gasteiger partial charge in [0.15, 0.2) is 11.6 Å². The van der Waals surface area contributed by atoms with Gasteiger partial charge in [-0.15, -0.1) is 0 Å². The molecule has 0 spiro atoms. The van der Waals surface area contributed by atoms with Gasteiger partial charge in [-0.25, -0.2) is 9.37 Å². The monoisotopic (exact) mass is 310 g/mol. The fourth-order valence-electron chi connectivity index (χ4n) is 2.31. The normalized spacial score (nSPS) is 11.0. The Bertz CT molecular complexity index is 931. The Hall–Kier alpha value is -2.66. The van der Waals surface area contributed by atoms with Crippen LogP contribution in [-0.2, 0) is 0 Å². The summed E-state index contributed by atoms with van der Waals surface area (Å²) < 4.78 is 19.5. The number of thiophene rings is 1. The average Bonchev–Trinajstić information content (AvgIpc) is 3.18. The molecule has 0 amide bonds. The Morgan fingerprint density at radius 1 is 1.09 bits per heavy atom. The van der Waals surface area contributed by atoms with Crippen LogP contribution < -0.4 is 4.74 Å². The summed E-state index contributed by atoms with van der Waals surface area (Å²) >= 11 is 1.63. The van der Waals surface area contributed by atoms with E-state index in [1.54, 1.807) is 41.8 Å². The second kappa shape index (κ2) is 5.27. The summed E-state index contributed by atoms with van der Waals surface area (Å²) in [6, 6.07) is 12.1. The van der Waals surface area contributed by atoms with Crippen molar-refractivity contribution in [3.8, 4) is 22.8 Å². The number of H-pyrrole nitrogens is 1. The summed E-state index contributed by atoms with van der Waals surface area (Å²) in [5.41, 5.74) is 2.78. The van der Waals surface area contributed by atoms with Crippen LogP contribution in [0.3, 0.4) is 0 Å². The lowest BCUT2D eigenvalue weighted by molar-refractivity contribution is 0.446. The molecule has 3 aromatic heterocycles. The number of para-hydroxylation sites is 1. The highest BCUT2D eigenvalue weighted by atomic mass is 32.1. The van der Waals surface area contributed by atoms with Gasteiger partial charge in [-0.05, 0) is 35.7 Å². The number of pyridine rings is 1. The largest absolute Gasteiger partial charge is 0.453 e. The lowest BCUT2D eigenvalue weighted by atomic mass is 10.2. The Morgan fingerprint density at radius 3 is 2.82 bits per heavy atom. The highest BCUT2D eigenvalue weighted by Crippen LogP contribution is 2.33. The summed E-state index contributed by atoms with van der Waals surface area (Å²) in [5, 5.41) is 4.90. The standard InChI is InChI=1S/C17H11FN2OS/c18-13-3-1-2-4-16(13)21-15-5-7-19-17-12(15)9-14(20-17)11-6-8-22-10-11/h1-10H,(H,19,20). The number of halogens is 1. The Balaban J connectivity index is 1.80. The Labute approximate surface area is 130 Å². The third kappa shape index (κ3) is 2.25. The molecule has 3 heterocycles. The molecule has 1 aromatic carbocycles. The number of rotatable bonds is 3. The van der Waals surface area contributed by atoms with Crippen LogP contribution in [0.2, 0.25) is 0 Å². The van der Waals surface area contributed by atoms with Crippen LogP contribution in [0, 0.1) is 5.82 Å². The number of hydrogen-bond donors (Lipinski definition) is 1. The zero-order valence-electron chi connectivity index (χ0n) is 11.4. The Morgan fingerprint density at radius 2 is 2.00 bits per heavy atom. The fraction of sp³-hybridized carbons (Fsp3) is 0. The minimum atomic E-state index is -0.388. The number of fused-ring (bicyclic) bond motifs is 1. The van der Waals surface area contributed by atoms with Crippen molar-refractivity contribution in [2.24, 2.45) is 0 Å². The van der Waals surface area contributed by atoms with Crippen molar-refractivity contribution in [2.45, 2.75) is 0 Å². The van der Waals surface area contributed by atoms with Gasteiger partial charge in [-0.2, -0.15) is 11.3 Å². The first-order valence-corrected chi connectivity index (χ1v) is 7.68. The van der Waals surface area contributed by atoms with E-state index in [0.29, 0.717) is 5.75 Å². The van der Waals surface area contributed by atoms with Crippen molar-refractivity contribution in [3.63, 3.8) is 0 Å². The van der Waals surface area contributed by atoms with Crippen LogP contribution in [0.25, 0.3) is 22.3 Å². The highest BCUT2D eigenvalue weighted by Gasteiger charge is 2.11. The summed E-state index contributed by atoms with van der Waals surface area (Å²) in [5.74, 6) is 0.391. The number of benzene rings is 1. The molecule has 0 bridgehead atoms. The van der Waals surface area contributed by atoms with E-state index < -0.39 is 0 Å². The van der Waals surface area contributed by atoms with E-state index in [4.69, 9.17) is 4.74 Å². The lowest BCUT2D eigenvalue weighted by Crippen LogP contribution is -1.89. The van der Waals surface area contributed by atoms with Gasteiger partial charge in [-0.3, -0.25) is 0 Å². The average molecular weight is 310 g/mol. The Kier molecular flexibility index (Phi) is 3.12. The van der Waals surface area contributed by atoms with E-state index >= 15 is 0 Å². The quantitative estimate of drug-likeness (QED) is 0.563. The minimum absolute atomic E-state index is 0.202. The summed E-state index contributed by atoms with van der Waals surface area (Å²) in [4.78, 5) is 7.57. The number of aromatic amines is 1. The molecular weight excluding hydrogens is 299 g/mol. The molecule has 4 aromatic rings. The molecule has 1 N–H and O–H groups in total. The van der Waals surface area contributed by atoms with Crippen molar-refractivity contribution >= 4 is 22.4 Å². The second-order valence-electron chi connectivity index (χ2n) is 4.80. The SMILES string of the molecule is Fc1ccccc1Oc1ccnc2[nH]c(-c3ccsc3)cc12. The predicted molar refractivity (Wildman–Crippen MR) is 85.9 cm³/mol. The number of aromatic nitrogens is 2. The number of ether oxygens (including phenoxy) is 1. The van der Waals surface area contributed by atoms with Crippen LogP contribution in [0.1, 0.15) is 0 Å². The molecule has 0 unspecified atom stereocenters. The third-order valence-electron chi connectivity index (χ3n) is 3.38. The van der Waals surface area contributed by atoms with E-state index in [1.807, 2.05) is 17.5 Å². The van der Waals surface area contributed by atoms with Crippen LogP contribution in [0.15, 0.2) is 59.4 Å². The fourth-order valence-corrected chi connectivity index (χ4v) is 2.97. The van der Waals surface area contributed by atoms with Gasteiger partial charge in [0.1, 0.15) is 11.4 Å². The van der Waals surface area contributed by atoms with Gasteiger partial charge >= 0.3 is 0 Å². The van der Waals surface area contributed by atoms with Crippen molar-refractivity contribution in [1.82, 2.24) is 9.97 Å². The van der Waals surface area contributed by atoms with Gasteiger partial charge < -0.3 is 9.72 Å². The zero-order chi connectivity index (χ0) is 14.9. The first-order chi connectivity index (χ1) is 10.8. The van der Waals surface area contributed by atoms with E-state index in [2.05, 4.69) is 15.3 Å². The molecule has 0 atom stereocenters. The van der Waals surface area contributed by atoms with Crippen LogP contribution in [-0.4, -0.2) is 9.97 Å². The van der Waals surface area contributed by atoms with E-state index in [0.717, 1.165) is 22.3 Å². The van der Waals surface area contributed by atoms with Crippen LogP contribution >= 0.6 is 11.3 Å². The number of nitrogens with one attached hydrogen (secondary N) is 1. The van der Waals surface area contributed by atoms with Gasteiger partial charge in [0.2, 0.25) is 0 Å². The molecule has 0 radical (unpaired) electrons. The van der Waals surface area contributed by atoms with Gasteiger partial charge in [0.25, 0.3) is 0 Å². The van der Waals surface area contributed by atoms with E-state index in [-0.39, 0.29) is 11.6 Å². The molecule has 5 heteroatoms. The highest BCUT2D eigenvalue weighted by molar-refractivity contribution is 7.08. The summed E-state index contributed by atoms with van der Waals surface area (Å²) in [6.07, 6.45) is 1.65. The maximum atomic E-state index is 13.8. The van der Waals surface area contributed by atoms with Gasteiger partial charge in [-0.1, -0.05) is 12.1 Å². The van der Waals surface area contributed by atoms with Gasteiger partial charge in [0, 0.05) is 22.8 Å². The topological polar surface area (TPSA) is 37.9 Å². The first-order valence-electron chi connectivity index (χ1n) is 6.74. The van der Waals surface area contributed by atoms with Gasteiger partial charge in [0.05, 0.1) is 5.39 Å². The molecule has 0 aliphatic rings. The molecular formula is C17H11FN2OS. The first kappa shape index (κ1) is 13.0. The molecule has 0 fully saturated rings. The van der Waals surface area contributed by atoms with Crippen molar-refractivity contribution in [1.29, 1.82) is 0 Å². The van der Waals surface area contributed by atoms with Crippen molar-refractivity contribution in [3.05, 3.63) is 65.2 Å². The van der Waals surface area contributed by atoms with Crippen molar-refractivity contribution in [2.75, 3.05) is 0 Å². The molecule has 0 aliphatic heterocycles. The molecule has 22 heavy (non-hydrogen) atoms. The minimum Gasteiger partial charge on any atom is -0.453 e. The number of nitrogens with zero attached hydrogens (tertiary/aromatic N) is 1. The lowest BCUT2D eigenvalue weighted by Gasteiger charge is -2.06. The van der Waals surface area contributed by atoms with Crippen molar-refractivity contribution < 1.29 is 9.13 Å². The molecule has 0 saturated carbocycles. The third-order valence-corrected chi connectivity index (χ3v) is 4.06. The molecule has 3 nitrogen and oxygen atoms in total. The van der Waals surface area contributed by atoms with Crippen LogP contribution in [0.4, 0.5) is 4.39 Å². The predicted octanol–water partition coefficient (Wildman–Crippen LogP) is 5.22. The second-order valence-corrected chi connectivity index (χ2v) is 5.58. The molecule has 0 aliphatic carbocycles. The van der Waals surface area contributed by atoms with Crippen LogP contribution in [0.5, 0.6) is 11.5 Å². The zero-order valence-corrected chi connectivity index (χ0v) is 12.2. The molecule has 108 valence electrons. The van der Waals surface area contributed by atoms with E-state index in [9.17, 15) is 4.39 Å². The summed E-state index contributed by atoms with van der Waals surface area (Å²) in [7, 11) is 0. The molecule has 0 saturated heterocycles. The summed E-state index contributed by atoms with van der Waals surface area (Å²) in [6.45, 7) is 0. The van der Waals surface area contributed by atoms with E-state index in [1.165, 1.54) is 6.07 Å². The molecule has 4 rings (SSSR count). The maximum absolute atomic E-state index is 13.8.